The van der Waals surface area contributed by atoms with E-state index >= 15 is 0 Å². The lowest BCUT2D eigenvalue weighted by atomic mass is 9.88. The Bertz CT molecular complexity index is 463. The summed E-state index contributed by atoms with van der Waals surface area (Å²) in [5.74, 6) is -1.30. The molecule has 3 N–H and O–H groups in total. The zero-order valence-corrected chi connectivity index (χ0v) is 10.5. The fraction of sp³-hybridized carbons (Fsp3) is 0.571. The normalized spacial score (nSPS) is 37.5. The monoisotopic (exact) mass is 266 g/mol. The first-order chi connectivity index (χ1) is 9.17. The molecule has 1 saturated heterocycles. The van der Waals surface area contributed by atoms with Gasteiger partial charge >= 0.3 is 0 Å². The summed E-state index contributed by atoms with van der Waals surface area (Å²) in [6.07, 6.45) is -1.65. The van der Waals surface area contributed by atoms with Crippen molar-refractivity contribution in [1.82, 2.24) is 0 Å². The van der Waals surface area contributed by atoms with Gasteiger partial charge in [0, 0.05) is 18.6 Å². The van der Waals surface area contributed by atoms with E-state index in [0.717, 1.165) is 11.1 Å². The highest BCUT2D eigenvalue weighted by Crippen LogP contribution is 2.45. The number of ether oxygens (including phenoxy) is 2. The van der Waals surface area contributed by atoms with Crippen molar-refractivity contribution in [3.05, 3.63) is 35.4 Å². The highest BCUT2D eigenvalue weighted by molar-refractivity contribution is 5.35. The molecular weight excluding hydrogens is 248 g/mol. The maximum Gasteiger partial charge on any atom is 0.225 e. The van der Waals surface area contributed by atoms with Crippen LogP contribution in [0.4, 0.5) is 0 Å². The van der Waals surface area contributed by atoms with Gasteiger partial charge in [-0.1, -0.05) is 24.3 Å². The molecule has 2 aliphatic rings. The van der Waals surface area contributed by atoms with Gasteiger partial charge in [-0.3, -0.25) is 0 Å². The number of rotatable bonds is 2. The summed E-state index contributed by atoms with van der Waals surface area (Å²) < 4.78 is 11.6. The summed E-state index contributed by atoms with van der Waals surface area (Å²) >= 11 is 0. The van der Waals surface area contributed by atoms with Crippen molar-refractivity contribution in [2.45, 2.75) is 43.5 Å². The maximum absolute atomic E-state index is 10.3. The van der Waals surface area contributed by atoms with Gasteiger partial charge < -0.3 is 24.8 Å². The van der Waals surface area contributed by atoms with E-state index in [1.165, 1.54) is 0 Å². The average molecular weight is 266 g/mol. The Labute approximate surface area is 111 Å². The second-order valence-electron chi connectivity index (χ2n) is 5.11. The first-order valence-electron chi connectivity index (χ1n) is 6.54. The Morgan fingerprint density at radius 2 is 2.05 bits per heavy atom. The minimum Gasteiger partial charge on any atom is -0.396 e. The van der Waals surface area contributed by atoms with Crippen molar-refractivity contribution < 1.29 is 24.8 Å². The van der Waals surface area contributed by atoms with Gasteiger partial charge in [-0.05, 0) is 12.0 Å². The highest BCUT2D eigenvalue weighted by Gasteiger charge is 2.54. The standard InChI is InChI=1S/C14H18O5/c15-6-5-10-7-12(16)13(17)14(19-10)11-4-2-1-3-9(11)8-18-14/h1-4,10,12-13,15-17H,5-8H2/t10-,12+,13-,14+/m0/s1. The van der Waals surface area contributed by atoms with Crippen LogP contribution >= 0.6 is 0 Å². The van der Waals surface area contributed by atoms with E-state index in [2.05, 4.69) is 0 Å². The summed E-state index contributed by atoms with van der Waals surface area (Å²) in [4.78, 5) is 0. The number of benzene rings is 1. The Kier molecular flexibility index (Phi) is 3.32. The van der Waals surface area contributed by atoms with Crippen molar-refractivity contribution in [1.29, 1.82) is 0 Å². The molecule has 0 bridgehead atoms. The third-order valence-corrected chi connectivity index (χ3v) is 3.89. The van der Waals surface area contributed by atoms with Gasteiger partial charge in [-0.15, -0.1) is 0 Å². The summed E-state index contributed by atoms with van der Waals surface area (Å²) in [5.41, 5.74) is 1.72. The van der Waals surface area contributed by atoms with E-state index < -0.39 is 18.0 Å². The van der Waals surface area contributed by atoms with Crippen LogP contribution in [0.2, 0.25) is 0 Å². The minimum absolute atomic E-state index is 0.0226. The van der Waals surface area contributed by atoms with Crippen molar-refractivity contribution >= 4 is 0 Å². The molecule has 0 saturated carbocycles. The molecule has 0 aliphatic carbocycles. The van der Waals surface area contributed by atoms with Crippen LogP contribution in [0.1, 0.15) is 24.0 Å². The van der Waals surface area contributed by atoms with Crippen LogP contribution in [0.3, 0.4) is 0 Å². The van der Waals surface area contributed by atoms with E-state index in [1.54, 1.807) is 0 Å². The van der Waals surface area contributed by atoms with Crippen LogP contribution in [0.15, 0.2) is 24.3 Å². The number of fused-ring (bicyclic) bond motifs is 2. The highest BCUT2D eigenvalue weighted by atomic mass is 16.7. The molecule has 0 unspecified atom stereocenters. The predicted octanol–water partition coefficient (Wildman–Crippen LogP) is 0.263. The van der Waals surface area contributed by atoms with Gasteiger partial charge in [0.2, 0.25) is 5.79 Å². The molecule has 19 heavy (non-hydrogen) atoms. The van der Waals surface area contributed by atoms with Crippen LogP contribution in [-0.2, 0) is 21.9 Å². The van der Waals surface area contributed by atoms with Gasteiger partial charge in [0.25, 0.3) is 0 Å². The Hall–Kier alpha value is -0.980. The van der Waals surface area contributed by atoms with Gasteiger partial charge in [0.1, 0.15) is 6.10 Å². The third-order valence-electron chi connectivity index (χ3n) is 3.89. The van der Waals surface area contributed by atoms with Crippen LogP contribution in [0.25, 0.3) is 0 Å². The molecule has 1 spiro atoms. The molecular formula is C14H18O5. The largest absolute Gasteiger partial charge is 0.396 e. The second kappa shape index (κ2) is 4.85. The molecule has 1 aromatic carbocycles. The van der Waals surface area contributed by atoms with E-state index in [9.17, 15) is 10.2 Å². The van der Waals surface area contributed by atoms with Crippen LogP contribution in [-0.4, -0.2) is 40.2 Å². The smallest absolute Gasteiger partial charge is 0.225 e. The predicted molar refractivity (Wildman–Crippen MR) is 66.1 cm³/mol. The molecule has 0 radical (unpaired) electrons. The minimum atomic E-state index is -1.30. The van der Waals surface area contributed by atoms with Crippen LogP contribution in [0, 0.1) is 0 Å². The number of hydrogen-bond acceptors (Lipinski definition) is 5. The molecule has 1 aromatic rings. The Balaban J connectivity index is 1.97. The first kappa shape index (κ1) is 13.0. The zero-order chi connectivity index (χ0) is 13.5. The summed E-state index contributed by atoms with van der Waals surface area (Å²) in [6.45, 7) is 0.330. The maximum atomic E-state index is 10.3. The number of aliphatic hydroxyl groups excluding tert-OH is 3. The zero-order valence-electron chi connectivity index (χ0n) is 10.5. The molecule has 1 fully saturated rings. The molecule has 5 heteroatoms. The quantitative estimate of drug-likeness (QED) is 0.715. The van der Waals surface area contributed by atoms with E-state index in [0.29, 0.717) is 19.4 Å². The fourth-order valence-electron chi connectivity index (χ4n) is 2.93. The van der Waals surface area contributed by atoms with E-state index in [4.69, 9.17) is 14.6 Å². The second-order valence-corrected chi connectivity index (χ2v) is 5.11. The molecule has 3 rings (SSSR count). The van der Waals surface area contributed by atoms with Crippen LogP contribution in [0.5, 0.6) is 0 Å². The Morgan fingerprint density at radius 1 is 1.26 bits per heavy atom. The van der Waals surface area contributed by atoms with Crippen molar-refractivity contribution in [2.24, 2.45) is 0 Å². The number of aliphatic hydroxyl groups is 3. The van der Waals surface area contributed by atoms with E-state index in [1.807, 2.05) is 24.3 Å². The van der Waals surface area contributed by atoms with Crippen molar-refractivity contribution in [3.8, 4) is 0 Å². The fourth-order valence-corrected chi connectivity index (χ4v) is 2.93. The van der Waals surface area contributed by atoms with Gasteiger partial charge in [-0.2, -0.15) is 0 Å². The van der Waals surface area contributed by atoms with Gasteiger partial charge in [0.15, 0.2) is 0 Å². The van der Waals surface area contributed by atoms with Crippen molar-refractivity contribution in [2.75, 3.05) is 6.61 Å². The molecule has 0 amide bonds. The third kappa shape index (κ3) is 1.98. The summed E-state index contributed by atoms with van der Waals surface area (Å²) in [5, 5.41) is 29.4. The Morgan fingerprint density at radius 3 is 2.84 bits per heavy atom. The lowest BCUT2D eigenvalue weighted by molar-refractivity contribution is -0.345. The summed E-state index contributed by atoms with van der Waals surface area (Å²) in [6, 6.07) is 7.52. The van der Waals surface area contributed by atoms with E-state index in [-0.39, 0.29) is 12.7 Å². The molecule has 4 atom stereocenters. The number of hydrogen-bond donors (Lipinski definition) is 3. The van der Waals surface area contributed by atoms with Crippen LogP contribution < -0.4 is 0 Å². The molecule has 5 nitrogen and oxygen atoms in total. The van der Waals surface area contributed by atoms with Gasteiger partial charge in [0.05, 0.1) is 18.8 Å². The lowest BCUT2D eigenvalue weighted by Gasteiger charge is -2.44. The summed E-state index contributed by atoms with van der Waals surface area (Å²) in [7, 11) is 0. The van der Waals surface area contributed by atoms with Gasteiger partial charge in [-0.25, -0.2) is 0 Å². The molecule has 2 aliphatic heterocycles. The first-order valence-corrected chi connectivity index (χ1v) is 6.54. The topological polar surface area (TPSA) is 79.2 Å². The lowest BCUT2D eigenvalue weighted by Crippen LogP contribution is -2.55. The molecule has 2 heterocycles. The SMILES string of the molecule is OCC[C@H]1C[C@@H](O)[C@H](O)[C@]2(OCc3ccccc32)O1. The molecule has 0 aromatic heterocycles. The van der Waals surface area contributed by atoms with Crippen molar-refractivity contribution in [3.63, 3.8) is 0 Å². The molecule has 104 valence electrons. The average Bonchev–Trinajstić information content (AvgIpc) is 2.77.